The van der Waals surface area contributed by atoms with Crippen LogP contribution in [0.1, 0.15) is 5.56 Å². The predicted octanol–water partition coefficient (Wildman–Crippen LogP) is 1.48. The van der Waals surface area contributed by atoms with Gasteiger partial charge < -0.3 is 0 Å². The SMILES string of the molecule is O=C1NN=C/C(=N/N=C\c2ccc(F)cc2)C1Br. The highest BCUT2D eigenvalue weighted by Gasteiger charge is 2.23. The third-order valence-corrected chi connectivity index (χ3v) is 3.00. The molecule has 0 saturated carbocycles. The smallest absolute Gasteiger partial charge is 0.260 e. The average molecular weight is 311 g/mol. The van der Waals surface area contributed by atoms with E-state index in [0.717, 1.165) is 0 Å². The molecule has 7 heteroatoms. The molecule has 1 aromatic rings. The van der Waals surface area contributed by atoms with E-state index in [9.17, 15) is 9.18 Å². The van der Waals surface area contributed by atoms with Crippen LogP contribution in [0.15, 0.2) is 39.6 Å². The standard InChI is InChI=1S/C11H8BrFN4O/c12-10-9(6-15-17-11(10)18)16-14-5-7-1-3-8(13)4-2-7/h1-6,10H,(H,17,18)/b14-5-,16-9-. The Morgan fingerprint density at radius 1 is 1.39 bits per heavy atom. The van der Waals surface area contributed by atoms with E-state index < -0.39 is 4.83 Å². The van der Waals surface area contributed by atoms with E-state index in [2.05, 4.69) is 36.7 Å². The molecule has 1 aromatic carbocycles. The van der Waals surface area contributed by atoms with Crippen LogP contribution in [0.4, 0.5) is 4.39 Å². The number of carbonyl (C=O) groups is 1. The second-order valence-electron chi connectivity index (χ2n) is 3.42. The molecule has 0 saturated heterocycles. The molecule has 0 fully saturated rings. The fraction of sp³-hybridized carbons (Fsp3) is 0.0909. The van der Waals surface area contributed by atoms with E-state index in [1.165, 1.54) is 24.6 Å². The lowest BCUT2D eigenvalue weighted by molar-refractivity contribution is -0.119. The third-order valence-electron chi connectivity index (χ3n) is 2.11. The molecule has 0 radical (unpaired) electrons. The van der Waals surface area contributed by atoms with Crippen molar-refractivity contribution in [3.63, 3.8) is 0 Å². The Morgan fingerprint density at radius 3 is 2.83 bits per heavy atom. The van der Waals surface area contributed by atoms with Crippen molar-refractivity contribution in [1.82, 2.24) is 5.43 Å². The second-order valence-corrected chi connectivity index (χ2v) is 4.33. The van der Waals surface area contributed by atoms with E-state index in [1.807, 2.05) is 0 Å². The van der Waals surface area contributed by atoms with E-state index in [4.69, 9.17) is 0 Å². The number of rotatable bonds is 2. The summed E-state index contributed by atoms with van der Waals surface area (Å²) in [7, 11) is 0. The van der Waals surface area contributed by atoms with Crippen molar-refractivity contribution in [3.05, 3.63) is 35.6 Å². The van der Waals surface area contributed by atoms with Crippen LogP contribution in [0.2, 0.25) is 0 Å². The topological polar surface area (TPSA) is 66.2 Å². The van der Waals surface area contributed by atoms with Gasteiger partial charge in [0.15, 0.2) is 0 Å². The maximum atomic E-state index is 12.7. The first-order chi connectivity index (χ1) is 8.66. The Labute approximate surface area is 111 Å². The molecule has 1 aliphatic rings. The molecule has 1 amide bonds. The molecule has 5 nitrogen and oxygen atoms in total. The number of hydrogen-bond acceptors (Lipinski definition) is 4. The maximum Gasteiger partial charge on any atom is 0.260 e. The van der Waals surface area contributed by atoms with Gasteiger partial charge in [-0.15, -0.1) is 0 Å². The highest BCUT2D eigenvalue weighted by Crippen LogP contribution is 2.06. The van der Waals surface area contributed by atoms with Crippen molar-refractivity contribution >= 4 is 40.0 Å². The van der Waals surface area contributed by atoms with Crippen molar-refractivity contribution in [2.45, 2.75) is 4.83 Å². The summed E-state index contributed by atoms with van der Waals surface area (Å²) in [6.07, 6.45) is 2.87. The molecule has 0 spiro atoms. The average Bonchev–Trinajstić information content (AvgIpc) is 2.37. The lowest BCUT2D eigenvalue weighted by atomic mass is 10.2. The first-order valence-electron chi connectivity index (χ1n) is 5.00. The zero-order chi connectivity index (χ0) is 13.0. The number of hydrazone groups is 1. The highest BCUT2D eigenvalue weighted by molar-refractivity contribution is 9.10. The first kappa shape index (κ1) is 12.6. The summed E-state index contributed by atoms with van der Waals surface area (Å²) in [5.41, 5.74) is 3.40. The number of carbonyl (C=O) groups excluding carboxylic acids is 1. The number of benzene rings is 1. The molecule has 1 unspecified atom stereocenters. The fourth-order valence-electron chi connectivity index (χ4n) is 1.21. The summed E-state index contributed by atoms with van der Waals surface area (Å²) in [5, 5.41) is 11.3. The van der Waals surface area contributed by atoms with E-state index >= 15 is 0 Å². The Kier molecular flexibility index (Phi) is 3.93. The summed E-state index contributed by atoms with van der Waals surface area (Å²) in [6, 6.07) is 5.81. The van der Waals surface area contributed by atoms with Crippen LogP contribution >= 0.6 is 15.9 Å². The van der Waals surface area contributed by atoms with Gasteiger partial charge in [-0.05, 0) is 17.7 Å². The Balaban J connectivity index is 2.10. The van der Waals surface area contributed by atoms with Gasteiger partial charge in [-0.25, -0.2) is 9.82 Å². The predicted molar refractivity (Wildman–Crippen MR) is 70.8 cm³/mol. The second kappa shape index (κ2) is 5.63. The zero-order valence-electron chi connectivity index (χ0n) is 9.05. The molecule has 1 aliphatic heterocycles. The Bertz CT molecular complexity index is 538. The van der Waals surface area contributed by atoms with Crippen LogP contribution in [-0.4, -0.2) is 28.9 Å². The van der Waals surface area contributed by atoms with Gasteiger partial charge in [0, 0.05) is 0 Å². The van der Waals surface area contributed by atoms with Crippen LogP contribution in [-0.2, 0) is 4.79 Å². The lowest BCUT2D eigenvalue weighted by Gasteiger charge is -2.10. The largest absolute Gasteiger partial charge is 0.271 e. The van der Waals surface area contributed by atoms with E-state index in [1.54, 1.807) is 12.1 Å². The molecule has 18 heavy (non-hydrogen) atoms. The molecule has 1 N–H and O–H groups in total. The summed E-state index contributed by atoms with van der Waals surface area (Å²) >= 11 is 3.16. The van der Waals surface area contributed by atoms with E-state index in [0.29, 0.717) is 11.3 Å². The van der Waals surface area contributed by atoms with Crippen LogP contribution in [0.25, 0.3) is 0 Å². The van der Waals surface area contributed by atoms with E-state index in [-0.39, 0.29) is 11.7 Å². The monoisotopic (exact) mass is 310 g/mol. The molecular weight excluding hydrogens is 303 g/mol. The first-order valence-corrected chi connectivity index (χ1v) is 5.92. The van der Waals surface area contributed by atoms with Crippen molar-refractivity contribution in [1.29, 1.82) is 0 Å². The van der Waals surface area contributed by atoms with Gasteiger partial charge >= 0.3 is 0 Å². The van der Waals surface area contributed by atoms with Crippen LogP contribution < -0.4 is 5.43 Å². The van der Waals surface area contributed by atoms with Gasteiger partial charge in [0.1, 0.15) is 16.4 Å². The summed E-state index contributed by atoms with van der Waals surface area (Å²) in [5.74, 6) is -0.608. The Hall–Kier alpha value is -1.89. The van der Waals surface area contributed by atoms with Crippen molar-refractivity contribution < 1.29 is 9.18 Å². The van der Waals surface area contributed by atoms with Gasteiger partial charge in [-0.2, -0.15) is 15.3 Å². The number of nitrogens with one attached hydrogen (secondary N) is 1. The molecular formula is C11H8BrFN4O. The van der Waals surface area contributed by atoms with Gasteiger partial charge in [0.05, 0.1) is 12.4 Å². The van der Waals surface area contributed by atoms with Crippen LogP contribution in [0.5, 0.6) is 0 Å². The van der Waals surface area contributed by atoms with Gasteiger partial charge in [-0.1, -0.05) is 28.1 Å². The molecule has 1 atom stereocenters. The van der Waals surface area contributed by atoms with Gasteiger partial charge in [0.2, 0.25) is 0 Å². The van der Waals surface area contributed by atoms with Crippen molar-refractivity contribution in [2.75, 3.05) is 0 Å². The van der Waals surface area contributed by atoms with Gasteiger partial charge in [0.25, 0.3) is 5.91 Å². The molecule has 92 valence electrons. The third kappa shape index (κ3) is 3.07. The van der Waals surface area contributed by atoms with Crippen LogP contribution in [0.3, 0.4) is 0 Å². The minimum atomic E-state index is -0.569. The minimum Gasteiger partial charge on any atom is -0.271 e. The van der Waals surface area contributed by atoms with Crippen molar-refractivity contribution in [3.8, 4) is 0 Å². The number of halogens is 2. The zero-order valence-corrected chi connectivity index (χ0v) is 10.6. The minimum absolute atomic E-state index is 0.298. The molecule has 0 aromatic heterocycles. The number of alkyl halides is 1. The fourth-order valence-corrected chi connectivity index (χ4v) is 1.52. The molecule has 1 heterocycles. The molecule has 0 aliphatic carbocycles. The summed E-state index contributed by atoms with van der Waals surface area (Å²) in [6.45, 7) is 0. The quantitative estimate of drug-likeness (QED) is 0.502. The number of amides is 1. The van der Waals surface area contributed by atoms with Gasteiger partial charge in [-0.3, -0.25) is 4.79 Å². The molecule has 2 rings (SSSR count). The van der Waals surface area contributed by atoms with Crippen molar-refractivity contribution in [2.24, 2.45) is 15.3 Å². The molecule has 0 bridgehead atoms. The summed E-state index contributed by atoms with van der Waals surface area (Å²) < 4.78 is 12.7. The van der Waals surface area contributed by atoms with Crippen LogP contribution in [0, 0.1) is 5.82 Å². The maximum absolute atomic E-state index is 12.7. The number of nitrogens with zero attached hydrogens (tertiary/aromatic N) is 3. The highest BCUT2D eigenvalue weighted by atomic mass is 79.9. The summed E-state index contributed by atoms with van der Waals surface area (Å²) in [4.78, 5) is 10.7. The Morgan fingerprint density at radius 2 is 2.11 bits per heavy atom. The lowest BCUT2D eigenvalue weighted by Crippen LogP contribution is -2.38. The number of hydrogen-bond donors (Lipinski definition) is 1. The normalized spacial score (nSPS) is 21.6.